The van der Waals surface area contributed by atoms with Gasteiger partial charge in [0.15, 0.2) is 0 Å². The van der Waals surface area contributed by atoms with Crippen LogP contribution in [0.1, 0.15) is 11.1 Å². The maximum atomic E-state index is 13.2. The maximum absolute atomic E-state index is 13.2. The summed E-state index contributed by atoms with van der Waals surface area (Å²) in [6.07, 6.45) is 0.269. The average Bonchev–Trinajstić information content (AvgIpc) is 2.77. The van der Waals surface area contributed by atoms with Crippen LogP contribution in [0.4, 0.5) is 4.39 Å². The van der Waals surface area contributed by atoms with E-state index < -0.39 is 6.04 Å². The fourth-order valence-electron chi connectivity index (χ4n) is 3.16. The van der Waals surface area contributed by atoms with E-state index in [0.29, 0.717) is 6.54 Å². The first-order valence-corrected chi connectivity index (χ1v) is 12.7. The van der Waals surface area contributed by atoms with Gasteiger partial charge in [-0.3, -0.25) is 9.59 Å². The van der Waals surface area contributed by atoms with Crippen LogP contribution in [-0.4, -0.2) is 24.4 Å². The van der Waals surface area contributed by atoms with Crippen molar-refractivity contribution in [3.05, 3.63) is 83.7 Å². The van der Waals surface area contributed by atoms with Gasteiger partial charge in [0, 0.05) is 34.2 Å². The summed E-state index contributed by atoms with van der Waals surface area (Å²) in [5.74, 6) is -0.919. The highest BCUT2D eigenvalue weighted by molar-refractivity contribution is 14.2. The lowest BCUT2D eigenvalue weighted by atomic mass is 10.0. The van der Waals surface area contributed by atoms with Crippen LogP contribution in [0.15, 0.2) is 66.7 Å². The summed E-state index contributed by atoms with van der Waals surface area (Å²) in [5.41, 5.74) is 1.76. The SMILES string of the molecule is O=C(CNSI)N[C@@H](Cc1ccc(F)cc1)C(=O)NCc1cccc2ccccc12. The van der Waals surface area contributed by atoms with Crippen molar-refractivity contribution < 1.29 is 14.0 Å². The van der Waals surface area contributed by atoms with Crippen LogP contribution in [0.3, 0.4) is 0 Å². The van der Waals surface area contributed by atoms with Gasteiger partial charge in [0.2, 0.25) is 11.8 Å². The van der Waals surface area contributed by atoms with Gasteiger partial charge in [0.25, 0.3) is 0 Å². The lowest BCUT2D eigenvalue weighted by molar-refractivity contribution is -0.128. The summed E-state index contributed by atoms with van der Waals surface area (Å²) in [4.78, 5) is 25.1. The second kappa shape index (κ2) is 11.3. The van der Waals surface area contributed by atoms with Gasteiger partial charge in [-0.25, -0.2) is 9.11 Å². The van der Waals surface area contributed by atoms with Crippen molar-refractivity contribution in [1.29, 1.82) is 0 Å². The molecule has 0 aliphatic heterocycles. The van der Waals surface area contributed by atoms with Gasteiger partial charge in [-0.05, 0) is 43.2 Å². The minimum Gasteiger partial charge on any atom is -0.350 e. The molecule has 8 heteroatoms. The standard InChI is InChI=1S/C22H21FIN3O2S/c23-18-10-8-15(9-11-18)12-20(27-21(28)14-26-30-24)22(29)25-13-17-6-3-5-16-4-1-2-7-19(16)17/h1-11,20,26H,12-14H2,(H,25,29)(H,27,28)/t20-/m0/s1. The van der Waals surface area contributed by atoms with Crippen molar-refractivity contribution in [2.45, 2.75) is 19.0 Å². The van der Waals surface area contributed by atoms with Gasteiger partial charge >= 0.3 is 0 Å². The molecule has 0 aliphatic rings. The molecule has 0 saturated carbocycles. The highest BCUT2D eigenvalue weighted by atomic mass is 127. The Morgan fingerprint density at radius 3 is 2.50 bits per heavy atom. The molecule has 156 valence electrons. The fourth-order valence-corrected chi connectivity index (χ4v) is 3.81. The van der Waals surface area contributed by atoms with Gasteiger partial charge in [0.1, 0.15) is 11.9 Å². The van der Waals surface area contributed by atoms with Crippen LogP contribution in [0.25, 0.3) is 10.8 Å². The third-order valence-corrected chi connectivity index (χ3v) is 5.81. The van der Waals surface area contributed by atoms with Crippen molar-refractivity contribution in [3.63, 3.8) is 0 Å². The van der Waals surface area contributed by atoms with Gasteiger partial charge in [-0.15, -0.1) is 0 Å². The van der Waals surface area contributed by atoms with Crippen molar-refractivity contribution in [2.75, 3.05) is 6.54 Å². The Bertz CT molecular complexity index is 1010. The summed E-state index contributed by atoms with van der Waals surface area (Å²) >= 11 is 2.03. The Kier molecular flexibility index (Phi) is 8.47. The van der Waals surface area contributed by atoms with Gasteiger partial charge in [-0.2, -0.15) is 0 Å². The van der Waals surface area contributed by atoms with E-state index in [2.05, 4.69) is 15.4 Å². The molecular formula is C22H21FIN3O2S. The number of fused-ring (bicyclic) bond motifs is 1. The Morgan fingerprint density at radius 1 is 1.00 bits per heavy atom. The Balaban J connectivity index is 1.71. The summed E-state index contributed by atoms with van der Waals surface area (Å²) in [6.45, 7) is 0.432. The third-order valence-electron chi connectivity index (χ3n) is 4.63. The zero-order chi connectivity index (χ0) is 21.3. The fraction of sp³-hybridized carbons (Fsp3) is 0.182. The Labute approximate surface area is 190 Å². The topological polar surface area (TPSA) is 70.2 Å². The average molecular weight is 537 g/mol. The molecule has 3 rings (SSSR count). The van der Waals surface area contributed by atoms with E-state index >= 15 is 0 Å². The highest BCUT2D eigenvalue weighted by Gasteiger charge is 2.21. The lowest BCUT2D eigenvalue weighted by Gasteiger charge is -2.19. The van der Waals surface area contributed by atoms with Crippen LogP contribution >= 0.6 is 30.3 Å². The van der Waals surface area contributed by atoms with Crippen molar-refractivity contribution in [1.82, 2.24) is 15.4 Å². The summed E-state index contributed by atoms with van der Waals surface area (Å²) in [7, 11) is 1.30. The van der Waals surface area contributed by atoms with Crippen molar-refractivity contribution in [2.24, 2.45) is 0 Å². The first-order chi connectivity index (χ1) is 14.6. The second-order valence-electron chi connectivity index (χ2n) is 6.71. The number of rotatable bonds is 9. The lowest BCUT2D eigenvalue weighted by Crippen LogP contribution is -2.49. The minimum absolute atomic E-state index is 0.0874. The number of halogens is 2. The molecule has 3 N–H and O–H groups in total. The number of hydrogen-bond donors (Lipinski definition) is 3. The van der Waals surface area contributed by atoms with Gasteiger partial charge in [0.05, 0.1) is 6.54 Å². The van der Waals surface area contributed by atoms with E-state index in [1.165, 1.54) is 21.3 Å². The molecule has 0 aromatic heterocycles. The van der Waals surface area contributed by atoms with E-state index in [1.54, 1.807) is 12.1 Å². The molecular weight excluding hydrogens is 516 g/mol. The van der Waals surface area contributed by atoms with Crippen LogP contribution in [0.5, 0.6) is 0 Å². The Morgan fingerprint density at radius 2 is 1.73 bits per heavy atom. The number of benzene rings is 3. The third kappa shape index (κ3) is 6.41. The van der Waals surface area contributed by atoms with E-state index in [1.807, 2.05) is 63.7 Å². The maximum Gasteiger partial charge on any atom is 0.243 e. The van der Waals surface area contributed by atoms with E-state index in [-0.39, 0.29) is 30.6 Å². The number of amides is 2. The van der Waals surface area contributed by atoms with Crippen LogP contribution in [-0.2, 0) is 22.6 Å². The van der Waals surface area contributed by atoms with Crippen LogP contribution in [0, 0.1) is 5.82 Å². The second-order valence-corrected chi connectivity index (χ2v) is 8.47. The van der Waals surface area contributed by atoms with E-state index in [0.717, 1.165) is 21.9 Å². The van der Waals surface area contributed by atoms with Crippen LogP contribution in [0.2, 0.25) is 0 Å². The molecule has 5 nitrogen and oxygen atoms in total. The largest absolute Gasteiger partial charge is 0.350 e. The van der Waals surface area contributed by atoms with Gasteiger partial charge < -0.3 is 10.6 Å². The first kappa shape index (κ1) is 22.5. The monoisotopic (exact) mass is 537 g/mol. The molecule has 0 fully saturated rings. The first-order valence-electron chi connectivity index (χ1n) is 9.35. The van der Waals surface area contributed by atoms with Crippen molar-refractivity contribution >= 4 is 52.9 Å². The molecule has 0 aliphatic carbocycles. The molecule has 0 bridgehead atoms. The van der Waals surface area contributed by atoms with Crippen molar-refractivity contribution in [3.8, 4) is 0 Å². The minimum atomic E-state index is -0.765. The highest BCUT2D eigenvalue weighted by Crippen LogP contribution is 2.18. The smallest absolute Gasteiger partial charge is 0.243 e. The van der Waals surface area contributed by atoms with E-state index in [4.69, 9.17) is 0 Å². The predicted molar refractivity (Wildman–Crippen MR) is 127 cm³/mol. The number of hydrogen-bond acceptors (Lipinski definition) is 4. The molecule has 0 radical (unpaired) electrons. The molecule has 1 atom stereocenters. The molecule has 3 aromatic carbocycles. The normalized spacial score (nSPS) is 11.8. The number of carbonyl (C=O) groups excluding carboxylic acids is 2. The number of carbonyl (C=O) groups is 2. The van der Waals surface area contributed by atoms with Gasteiger partial charge in [-0.1, -0.05) is 54.6 Å². The predicted octanol–water partition coefficient (Wildman–Crippen LogP) is 3.91. The Hall–Kier alpha value is -2.17. The zero-order valence-corrected chi connectivity index (χ0v) is 19.0. The zero-order valence-electron chi connectivity index (χ0n) is 16.0. The molecule has 3 aromatic rings. The van der Waals surface area contributed by atoms with Crippen LogP contribution < -0.4 is 15.4 Å². The molecule has 0 saturated heterocycles. The molecule has 0 unspecified atom stereocenters. The quantitative estimate of drug-likeness (QED) is 0.286. The summed E-state index contributed by atoms with van der Waals surface area (Å²) in [5, 5.41) is 7.87. The molecule has 2 amide bonds. The summed E-state index contributed by atoms with van der Waals surface area (Å²) < 4.78 is 16.1. The summed E-state index contributed by atoms with van der Waals surface area (Å²) in [6, 6.07) is 19.1. The molecule has 0 spiro atoms. The number of nitrogens with one attached hydrogen (secondary N) is 3. The molecule has 30 heavy (non-hydrogen) atoms. The molecule has 0 heterocycles. The van der Waals surface area contributed by atoms with E-state index in [9.17, 15) is 14.0 Å².